The third-order valence-electron chi connectivity index (χ3n) is 4.65. The SMILES string of the molecule is Cn1ccc(CC(=O)N2CCCCC2CN2CCCC2=O)n1. The van der Waals surface area contributed by atoms with Crippen LogP contribution in [0.2, 0.25) is 0 Å². The van der Waals surface area contributed by atoms with E-state index in [0.717, 1.165) is 44.5 Å². The Morgan fingerprint density at radius 2 is 2.18 bits per heavy atom. The molecular formula is C16H24N4O2. The van der Waals surface area contributed by atoms with Crippen molar-refractivity contribution in [2.75, 3.05) is 19.6 Å². The molecule has 0 aliphatic carbocycles. The van der Waals surface area contributed by atoms with Gasteiger partial charge in [-0.15, -0.1) is 0 Å². The number of hydrogen-bond donors (Lipinski definition) is 0. The number of hydrogen-bond acceptors (Lipinski definition) is 3. The first-order chi connectivity index (χ1) is 10.6. The molecule has 1 atom stereocenters. The molecule has 0 spiro atoms. The molecule has 0 N–H and O–H groups in total. The molecule has 2 aliphatic rings. The molecule has 2 amide bonds. The van der Waals surface area contributed by atoms with Gasteiger partial charge in [0.15, 0.2) is 0 Å². The summed E-state index contributed by atoms with van der Waals surface area (Å²) >= 11 is 0. The number of rotatable bonds is 4. The number of nitrogens with zero attached hydrogens (tertiary/aromatic N) is 4. The fourth-order valence-corrected chi connectivity index (χ4v) is 3.48. The highest BCUT2D eigenvalue weighted by atomic mass is 16.2. The van der Waals surface area contributed by atoms with Gasteiger partial charge in [0, 0.05) is 45.3 Å². The van der Waals surface area contributed by atoms with E-state index in [2.05, 4.69) is 5.10 Å². The molecule has 0 aromatic carbocycles. The molecule has 0 bridgehead atoms. The van der Waals surface area contributed by atoms with Crippen LogP contribution in [0.25, 0.3) is 0 Å². The lowest BCUT2D eigenvalue weighted by atomic mass is 10.0. The number of aromatic nitrogens is 2. The van der Waals surface area contributed by atoms with Crippen LogP contribution in [0.15, 0.2) is 12.3 Å². The van der Waals surface area contributed by atoms with Crippen molar-refractivity contribution < 1.29 is 9.59 Å². The maximum atomic E-state index is 12.6. The van der Waals surface area contributed by atoms with Gasteiger partial charge in [-0.2, -0.15) is 5.10 Å². The van der Waals surface area contributed by atoms with Gasteiger partial charge in [0.1, 0.15) is 0 Å². The second-order valence-corrected chi connectivity index (χ2v) is 6.34. The second kappa shape index (κ2) is 6.50. The Hall–Kier alpha value is -1.85. The number of aryl methyl sites for hydroxylation is 1. The van der Waals surface area contributed by atoms with Gasteiger partial charge in [-0.1, -0.05) is 0 Å². The zero-order valence-corrected chi connectivity index (χ0v) is 13.2. The highest BCUT2D eigenvalue weighted by molar-refractivity contribution is 5.80. The van der Waals surface area contributed by atoms with Crippen molar-refractivity contribution in [3.8, 4) is 0 Å². The first-order valence-electron chi connectivity index (χ1n) is 8.19. The monoisotopic (exact) mass is 304 g/mol. The van der Waals surface area contributed by atoms with Gasteiger partial charge in [-0.25, -0.2) is 0 Å². The normalized spacial score (nSPS) is 22.4. The molecule has 1 aromatic rings. The topological polar surface area (TPSA) is 58.4 Å². The molecule has 22 heavy (non-hydrogen) atoms. The predicted molar refractivity (Wildman–Crippen MR) is 82.1 cm³/mol. The van der Waals surface area contributed by atoms with Crippen LogP contribution < -0.4 is 0 Å². The molecule has 0 saturated carbocycles. The number of likely N-dealkylation sites (tertiary alicyclic amines) is 2. The number of carbonyl (C=O) groups is 2. The summed E-state index contributed by atoms with van der Waals surface area (Å²) in [5.74, 6) is 0.373. The van der Waals surface area contributed by atoms with Crippen LogP contribution in [0.1, 0.15) is 37.8 Å². The van der Waals surface area contributed by atoms with E-state index in [1.54, 1.807) is 4.68 Å². The smallest absolute Gasteiger partial charge is 0.228 e. The van der Waals surface area contributed by atoms with E-state index >= 15 is 0 Å². The predicted octanol–water partition coefficient (Wildman–Crippen LogP) is 0.966. The van der Waals surface area contributed by atoms with Crippen LogP contribution in [0.5, 0.6) is 0 Å². The standard InChI is InChI=1S/C16H24N4O2/c1-18-10-7-13(17-18)11-16(22)20-9-3-2-5-14(20)12-19-8-4-6-15(19)21/h7,10,14H,2-6,8-9,11-12H2,1H3. The summed E-state index contributed by atoms with van der Waals surface area (Å²) in [6.45, 7) is 2.35. The summed E-state index contributed by atoms with van der Waals surface area (Å²) in [7, 11) is 1.86. The minimum absolute atomic E-state index is 0.134. The molecule has 0 radical (unpaired) electrons. The quantitative estimate of drug-likeness (QED) is 0.833. The van der Waals surface area contributed by atoms with Crippen LogP contribution in [-0.4, -0.2) is 57.1 Å². The Labute approximate surface area is 131 Å². The Balaban J connectivity index is 1.63. The summed E-state index contributed by atoms with van der Waals surface area (Å²) in [6, 6.07) is 2.06. The third-order valence-corrected chi connectivity index (χ3v) is 4.65. The zero-order valence-electron chi connectivity index (χ0n) is 13.2. The van der Waals surface area contributed by atoms with E-state index < -0.39 is 0 Å². The van der Waals surface area contributed by atoms with Gasteiger partial charge in [-0.3, -0.25) is 14.3 Å². The Morgan fingerprint density at radius 1 is 1.32 bits per heavy atom. The molecule has 120 valence electrons. The molecular weight excluding hydrogens is 280 g/mol. The van der Waals surface area contributed by atoms with E-state index in [1.807, 2.05) is 29.1 Å². The van der Waals surface area contributed by atoms with Gasteiger partial charge in [0.25, 0.3) is 0 Å². The lowest BCUT2D eigenvalue weighted by molar-refractivity contribution is -0.137. The lowest BCUT2D eigenvalue weighted by Gasteiger charge is -2.37. The summed E-state index contributed by atoms with van der Waals surface area (Å²) in [4.78, 5) is 28.3. The second-order valence-electron chi connectivity index (χ2n) is 6.34. The first kappa shape index (κ1) is 15.1. The average molecular weight is 304 g/mol. The van der Waals surface area contributed by atoms with Crippen LogP contribution in [0.4, 0.5) is 0 Å². The largest absolute Gasteiger partial charge is 0.341 e. The van der Waals surface area contributed by atoms with E-state index in [-0.39, 0.29) is 17.9 Å². The molecule has 1 aromatic heterocycles. The highest BCUT2D eigenvalue weighted by Crippen LogP contribution is 2.21. The van der Waals surface area contributed by atoms with E-state index in [1.165, 1.54) is 0 Å². The molecule has 2 saturated heterocycles. The molecule has 6 heteroatoms. The van der Waals surface area contributed by atoms with Crippen LogP contribution >= 0.6 is 0 Å². The fourth-order valence-electron chi connectivity index (χ4n) is 3.48. The van der Waals surface area contributed by atoms with Gasteiger partial charge in [-0.05, 0) is 31.7 Å². The van der Waals surface area contributed by atoms with Crippen molar-refractivity contribution in [3.05, 3.63) is 18.0 Å². The summed E-state index contributed by atoms with van der Waals surface area (Å²) < 4.78 is 1.72. The zero-order chi connectivity index (χ0) is 15.5. The molecule has 2 aliphatic heterocycles. The maximum absolute atomic E-state index is 12.6. The van der Waals surface area contributed by atoms with Gasteiger partial charge in [0.05, 0.1) is 12.1 Å². The summed E-state index contributed by atoms with van der Waals surface area (Å²) in [5.41, 5.74) is 0.814. The fraction of sp³-hybridized carbons (Fsp3) is 0.688. The van der Waals surface area contributed by atoms with Gasteiger partial charge >= 0.3 is 0 Å². The number of amides is 2. The number of carbonyl (C=O) groups excluding carboxylic acids is 2. The Morgan fingerprint density at radius 3 is 2.86 bits per heavy atom. The van der Waals surface area contributed by atoms with Crippen LogP contribution in [0.3, 0.4) is 0 Å². The Kier molecular flexibility index (Phi) is 4.45. The van der Waals surface area contributed by atoms with E-state index in [9.17, 15) is 9.59 Å². The molecule has 1 unspecified atom stereocenters. The minimum Gasteiger partial charge on any atom is -0.341 e. The maximum Gasteiger partial charge on any atom is 0.228 e. The van der Waals surface area contributed by atoms with Crippen LogP contribution in [-0.2, 0) is 23.1 Å². The van der Waals surface area contributed by atoms with Crippen molar-refractivity contribution in [1.82, 2.24) is 19.6 Å². The highest BCUT2D eigenvalue weighted by Gasteiger charge is 2.31. The molecule has 3 heterocycles. The van der Waals surface area contributed by atoms with Gasteiger partial charge in [0.2, 0.25) is 11.8 Å². The number of piperidine rings is 1. The minimum atomic E-state index is 0.134. The molecule has 3 rings (SSSR count). The third kappa shape index (κ3) is 3.31. The summed E-state index contributed by atoms with van der Waals surface area (Å²) in [6.07, 6.45) is 7.02. The molecule has 6 nitrogen and oxygen atoms in total. The van der Waals surface area contributed by atoms with Gasteiger partial charge < -0.3 is 9.80 Å². The Bertz CT molecular complexity index is 554. The summed E-state index contributed by atoms with van der Waals surface area (Å²) in [5, 5.41) is 4.29. The lowest BCUT2D eigenvalue weighted by Crippen LogP contribution is -2.50. The van der Waals surface area contributed by atoms with E-state index in [4.69, 9.17) is 0 Å². The average Bonchev–Trinajstić information content (AvgIpc) is 3.09. The van der Waals surface area contributed by atoms with Crippen molar-refractivity contribution in [1.29, 1.82) is 0 Å². The van der Waals surface area contributed by atoms with Crippen molar-refractivity contribution in [2.45, 2.75) is 44.6 Å². The van der Waals surface area contributed by atoms with Crippen molar-refractivity contribution in [3.63, 3.8) is 0 Å². The first-order valence-corrected chi connectivity index (χ1v) is 8.19. The van der Waals surface area contributed by atoms with E-state index in [0.29, 0.717) is 19.4 Å². The molecule has 2 fully saturated rings. The van der Waals surface area contributed by atoms with Crippen molar-refractivity contribution >= 4 is 11.8 Å². The van der Waals surface area contributed by atoms with Crippen molar-refractivity contribution in [2.24, 2.45) is 7.05 Å². The van der Waals surface area contributed by atoms with Crippen LogP contribution in [0, 0.1) is 0 Å².